The number of benzene rings is 1. The SMILES string of the molecule is CCNC(=O)c1cccc(-c2nn[nH]n2)c1. The summed E-state index contributed by atoms with van der Waals surface area (Å²) in [6, 6.07) is 7.09. The number of hydrogen-bond acceptors (Lipinski definition) is 4. The Morgan fingerprint density at radius 1 is 1.50 bits per heavy atom. The smallest absolute Gasteiger partial charge is 0.251 e. The van der Waals surface area contributed by atoms with Crippen LogP contribution in [0.4, 0.5) is 0 Å². The van der Waals surface area contributed by atoms with E-state index >= 15 is 0 Å². The molecule has 0 atom stereocenters. The average molecular weight is 217 g/mol. The first-order valence-electron chi connectivity index (χ1n) is 4.93. The van der Waals surface area contributed by atoms with Gasteiger partial charge in [0.15, 0.2) is 0 Å². The van der Waals surface area contributed by atoms with E-state index < -0.39 is 0 Å². The number of aromatic amines is 1. The lowest BCUT2D eigenvalue weighted by molar-refractivity contribution is 0.0956. The quantitative estimate of drug-likeness (QED) is 0.789. The molecule has 0 aliphatic heterocycles. The zero-order valence-corrected chi connectivity index (χ0v) is 8.77. The van der Waals surface area contributed by atoms with Crippen LogP contribution in [0.5, 0.6) is 0 Å². The third kappa shape index (κ3) is 2.05. The topological polar surface area (TPSA) is 83.6 Å². The van der Waals surface area contributed by atoms with Crippen LogP contribution < -0.4 is 5.32 Å². The van der Waals surface area contributed by atoms with Crippen molar-refractivity contribution < 1.29 is 4.79 Å². The van der Waals surface area contributed by atoms with Crippen LogP contribution in [0.3, 0.4) is 0 Å². The van der Waals surface area contributed by atoms with Gasteiger partial charge in [-0.3, -0.25) is 4.79 Å². The molecular weight excluding hydrogens is 206 g/mol. The lowest BCUT2D eigenvalue weighted by atomic mass is 10.1. The fourth-order valence-electron chi connectivity index (χ4n) is 1.35. The molecule has 0 aliphatic rings. The minimum atomic E-state index is -0.104. The van der Waals surface area contributed by atoms with E-state index in [1.54, 1.807) is 18.2 Å². The number of H-pyrrole nitrogens is 1. The van der Waals surface area contributed by atoms with Crippen LogP contribution >= 0.6 is 0 Å². The van der Waals surface area contributed by atoms with E-state index in [2.05, 4.69) is 25.9 Å². The van der Waals surface area contributed by atoms with Gasteiger partial charge in [0.05, 0.1) is 0 Å². The lowest BCUT2D eigenvalue weighted by Crippen LogP contribution is -2.22. The molecule has 2 aromatic rings. The maximum Gasteiger partial charge on any atom is 0.251 e. The van der Waals surface area contributed by atoms with Crippen molar-refractivity contribution in [3.63, 3.8) is 0 Å². The molecule has 0 radical (unpaired) electrons. The normalized spacial score (nSPS) is 10.1. The number of carbonyl (C=O) groups excluding carboxylic acids is 1. The Balaban J connectivity index is 2.30. The molecule has 2 rings (SSSR count). The Hall–Kier alpha value is -2.24. The number of nitrogens with one attached hydrogen (secondary N) is 2. The Morgan fingerprint density at radius 2 is 2.38 bits per heavy atom. The minimum absolute atomic E-state index is 0.104. The number of rotatable bonds is 3. The summed E-state index contributed by atoms with van der Waals surface area (Å²) in [7, 11) is 0. The molecule has 2 N–H and O–H groups in total. The Labute approximate surface area is 92.1 Å². The fraction of sp³-hybridized carbons (Fsp3) is 0.200. The highest BCUT2D eigenvalue weighted by Gasteiger charge is 2.07. The summed E-state index contributed by atoms with van der Waals surface area (Å²) in [5.41, 5.74) is 1.35. The van der Waals surface area contributed by atoms with E-state index in [9.17, 15) is 4.79 Å². The number of hydrogen-bond donors (Lipinski definition) is 2. The number of tetrazole rings is 1. The van der Waals surface area contributed by atoms with Crippen LogP contribution in [0.2, 0.25) is 0 Å². The van der Waals surface area contributed by atoms with Crippen molar-refractivity contribution in [2.24, 2.45) is 0 Å². The first-order valence-corrected chi connectivity index (χ1v) is 4.93. The monoisotopic (exact) mass is 217 g/mol. The fourth-order valence-corrected chi connectivity index (χ4v) is 1.35. The van der Waals surface area contributed by atoms with Crippen molar-refractivity contribution >= 4 is 5.91 Å². The summed E-state index contributed by atoms with van der Waals surface area (Å²) in [5.74, 6) is 0.374. The van der Waals surface area contributed by atoms with E-state index in [0.29, 0.717) is 17.9 Å². The predicted molar refractivity (Wildman–Crippen MR) is 57.6 cm³/mol. The zero-order chi connectivity index (χ0) is 11.4. The standard InChI is InChI=1S/C10H11N5O/c1-2-11-10(16)8-5-3-4-7(6-8)9-12-14-15-13-9/h3-6H,2H2,1H3,(H,11,16)(H,12,13,14,15). The Morgan fingerprint density at radius 3 is 3.06 bits per heavy atom. The van der Waals surface area contributed by atoms with Crippen LogP contribution in [-0.4, -0.2) is 33.1 Å². The van der Waals surface area contributed by atoms with Gasteiger partial charge in [0, 0.05) is 17.7 Å². The molecule has 16 heavy (non-hydrogen) atoms. The molecule has 82 valence electrons. The van der Waals surface area contributed by atoms with Gasteiger partial charge in [-0.15, -0.1) is 10.2 Å². The molecule has 0 spiro atoms. The zero-order valence-electron chi connectivity index (χ0n) is 8.77. The molecule has 0 unspecified atom stereocenters. The second kappa shape index (κ2) is 4.52. The molecule has 0 aliphatic carbocycles. The summed E-state index contributed by atoms with van der Waals surface area (Å²) >= 11 is 0. The van der Waals surface area contributed by atoms with Gasteiger partial charge in [-0.25, -0.2) is 0 Å². The van der Waals surface area contributed by atoms with Crippen LogP contribution in [-0.2, 0) is 0 Å². The summed E-state index contributed by atoms with van der Waals surface area (Å²) in [5, 5.41) is 16.3. The molecule has 1 aromatic heterocycles. The second-order valence-corrected chi connectivity index (χ2v) is 3.18. The van der Waals surface area contributed by atoms with E-state index in [-0.39, 0.29) is 5.91 Å². The highest BCUT2D eigenvalue weighted by atomic mass is 16.1. The van der Waals surface area contributed by atoms with Crippen molar-refractivity contribution in [2.75, 3.05) is 6.54 Å². The van der Waals surface area contributed by atoms with Crippen molar-refractivity contribution in [2.45, 2.75) is 6.92 Å². The summed E-state index contributed by atoms with van der Waals surface area (Å²) in [6.07, 6.45) is 0. The predicted octanol–water partition coefficient (Wildman–Crippen LogP) is 0.616. The highest BCUT2D eigenvalue weighted by molar-refractivity contribution is 5.95. The summed E-state index contributed by atoms with van der Waals surface area (Å²) in [6.45, 7) is 2.48. The maximum atomic E-state index is 11.6. The van der Waals surface area contributed by atoms with Gasteiger partial charge in [-0.1, -0.05) is 12.1 Å². The number of carbonyl (C=O) groups is 1. The van der Waals surface area contributed by atoms with Crippen molar-refractivity contribution in [1.82, 2.24) is 25.9 Å². The Bertz CT molecular complexity index is 480. The van der Waals surface area contributed by atoms with Crippen LogP contribution in [0.1, 0.15) is 17.3 Å². The van der Waals surface area contributed by atoms with Gasteiger partial charge in [0.2, 0.25) is 5.82 Å². The summed E-state index contributed by atoms with van der Waals surface area (Å²) < 4.78 is 0. The number of aromatic nitrogens is 4. The lowest BCUT2D eigenvalue weighted by Gasteiger charge is -2.02. The molecule has 6 nitrogen and oxygen atoms in total. The molecule has 0 saturated heterocycles. The molecular formula is C10H11N5O. The number of nitrogens with zero attached hydrogens (tertiary/aromatic N) is 3. The Kier molecular flexibility index (Phi) is 2.90. The highest BCUT2D eigenvalue weighted by Crippen LogP contribution is 2.14. The van der Waals surface area contributed by atoms with E-state index in [4.69, 9.17) is 0 Å². The largest absolute Gasteiger partial charge is 0.352 e. The van der Waals surface area contributed by atoms with Gasteiger partial charge in [0.1, 0.15) is 0 Å². The van der Waals surface area contributed by atoms with Gasteiger partial charge in [-0.05, 0) is 24.3 Å². The first kappa shape index (κ1) is 10.3. The van der Waals surface area contributed by atoms with Crippen molar-refractivity contribution in [3.05, 3.63) is 29.8 Å². The average Bonchev–Trinajstić information content (AvgIpc) is 2.83. The van der Waals surface area contributed by atoms with Gasteiger partial charge >= 0.3 is 0 Å². The molecule has 0 saturated carbocycles. The minimum Gasteiger partial charge on any atom is -0.352 e. The van der Waals surface area contributed by atoms with Gasteiger partial charge in [-0.2, -0.15) is 5.21 Å². The molecule has 0 fully saturated rings. The maximum absolute atomic E-state index is 11.6. The number of amides is 1. The van der Waals surface area contributed by atoms with Crippen LogP contribution in [0, 0.1) is 0 Å². The first-order chi connectivity index (χ1) is 7.81. The second-order valence-electron chi connectivity index (χ2n) is 3.18. The van der Waals surface area contributed by atoms with E-state index in [1.165, 1.54) is 0 Å². The molecule has 6 heteroatoms. The van der Waals surface area contributed by atoms with E-state index in [1.807, 2.05) is 13.0 Å². The van der Waals surface area contributed by atoms with Crippen LogP contribution in [0.25, 0.3) is 11.4 Å². The summed E-state index contributed by atoms with van der Waals surface area (Å²) in [4.78, 5) is 11.6. The molecule has 0 bridgehead atoms. The van der Waals surface area contributed by atoms with Crippen molar-refractivity contribution in [3.8, 4) is 11.4 Å². The third-order valence-electron chi connectivity index (χ3n) is 2.07. The van der Waals surface area contributed by atoms with Gasteiger partial charge in [0.25, 0.3) is 5.91 Å². The molecule has 1 amide bonds. The van der Waals surface area contributed by atoms with Gasteiger partial charge < -0.3 is 5.32 Å². The molecule has 1 heterocycles. The van der Waals surface area contributed by atoms with E-state index in [0.717, 1.165) is 5.56 Å². The molecule has 1 aromatic carbocycles. The van der Waals surface area contributed by atoms with Crippen molar-refractivity contribution in [1.29, 1.82) is 0 Å². The third-order valence-corrected chi connectivity index (χ3v) is 2.07. The van der Waals surface area contributed by atoms with Crippen LogP contribution in [0.15, 0.2) is 24.3 Å².